The molecule has 100 valence electrons. The van der Waals surface area contributed by atoms with Gasteiger partial charge in [-0.3, -0.25) is 4.79 Å². The maximum Gasteiger partial charge on any atom is 0.313 e. The first kappa shape index (κ1) is 14.6. The van der Waals surface area contributed by atoms with Crippen LogP contribution in [0.25, 0.3) is 0 Å². The summed E-state index contributed by atoms with van der Waals surface area (Å²) >= 11 is 0. The highest BCUT2D eigenvalue weighted by Gasteiger charge is 2.33. The summed E-state index contributed by atoms with van der Waals surface area (Å²) < 4.78 is 18.1. The molecule has 0 aliphatic carbocycles. The number of carbonyl (C=O) groups is 1. The molecular weight excluding hydrogens is 233 g/mol. The van der Waals surface area contributed by atoms with Crippen LogP contribution in [0, 0.1) is 18.2 Å². The van der Waals surface area contributed by atoms with Gasteiger partial charge in [0.25, 0.3) is 0 Å². The maximum atomic E-state index is 13.0. The topological polar surface area (TPSA) is 52.3 Å². The second-order valence-electron chi connectivity index (χ2n) is 4.73. The van der Waals surface area contributed by atoms with Gasteiger partial charge in [-0.2, -0.15) is 0 Å². The maximum absolute atomic E-state index is 13.0. The third-order valence-electron chi connectivity index (χ3n) is 3.10. The summed E-state index contributed by atoms with van der Waals surface area (Å²) in [7, 11) is 0. The lowest BCUT2D eigenvalue weighted by Crippen LogP contribution is -2.39. The molecular formula is C14H20FNO2. The molecule has 1 atom stereocenters. The van der Waals surface area contributed by atoms with Gasteiger partial charge >= 0.3 is 5.97 Å². The van der Waals surface area contributed by atoms with Crippen LogP contribution in [0.5, 0.6) is 0 Å². The molecule has 18 heavy (non-hydrogen) atoms. The third kappa shape index (κ3) is 3.29. The van der Waals surface area contributed by atoms with Gasteiger partial charge < -0.3 is 10.5 Å². The first-order valence-electron chi connectivity index (χ1n) is 6.05. The van der Waals surface area contributed by atoms with Gasteiger partial charge in [-0.1, -0.05) is 6.07 Å². The van der Waals surface area contributed by atoms with E-state index in [4.69, 9.17) is 10.5 Å². The van der Waals surface area contributed by atoms with E-state index < -0.39 is 5.41 Å². The predicted octanol–water partition coefficient (Wildman–Crippen LogP) is 2.20. The van der Waals surface area contributed by atoms with E-state index in [1.165, 1.54) is 12.1 Å². The van der Waals surface area contributed by atoms with Crippen molar-refractivity contribution >= 4 is 5.97 Å². The lowest BCUT2D eigenvalue weighted by Gasteiger charge is -2.26. The first-order valence-corrected chi connectivity index (χ1v) is 6.05. The Balaban J connectivity index is 2.94. The number of aryl methyl sites for hydroxylation is 1. The summed E-state index contributed by atoms with van der Waals surface area (Å²) in [6.07, 6.45) is 0.453. The molecule has 2 N–H and O–H groups in total. The molecule has 0 heterocycles. The highest BCUT2D eigenvalue weighted by atomic mass is 19.1. The molecule has 0 spiro atoms. The second-order valence-corrected chi connectivity index (χ2v) is 4.73. The van der Waals surface area contributed by atoms with E-state index in [0.717, 1.165) is 11.1 Å². The molecule has 0 saturated carbocycles. The van der Waals surface area contributed by atoms with Crippen molar-refractivity contribution in [2.75, 3.05) is 13.2 Å². The van der Waals surface area contributed by atoms with Crippen LogP contribution in [0.2, 0.25) is 0 Å². The van der Waals surface area contributed by atoms with Crippen LogP contribution in [-0.2, 0) is 16.0 Å². The van der Waals surface area contributed by atoms with Gasteiger partial charge in [-0.05, 0) is 50.5 Å². The lowest BCUT2D eigenvalue weighted by molar-refractivity contribution is -0.153. The SMILES string of the molecule is CCOC(=O)C(C)(CN)Cc1ccc(F)cc1C. The molecule has 3 nitrogen and oxygen atoms in total. The van der Waals surface area contributed by atoms with Crippen molar-refractivity contribution in [1.82, 2.24) is 0 Å². The van der Waals surface area contributed by atoms with E-state index in [-0.39, 0.29) is 18.3 Å². The van der Waals surface area contributed by atoms with Crippen LogP contribution in [-0.4, -0.2) is 19.1 Å². The average molecular weight is 253 g/mol. The number of carbonyl (C=O) groups excluding carboxylic acids is 1. The monoisotopic (exact) mass is 253 g/mol. The van der Waals surface area contributed by atoms with Crippen molar-refractivity contribution < 1.29 is 13.9 Å². The molecule has 1 aromatic carbocycles. The summed E-state index contributed by atoms with van der Waals surface area (Å²) in [5.41, 5.74) is 6.66. The predicted molar refractivity (Wildman–Crippen MR) is 68.6 cm³/mol. The molecule has 0 aliphatic heterocycles. The van der Waals surface area contributed by atoms with Gasteiger partial charge in [0.05, 0.1) is 12.0 Å². The standard InChI is InChI=1S/C14H20FNO2/c1-4-18-13(17)14(3,9-16)8-11-5-6-12(15)7-10(11)2/h5-7H,4,8-9,16H2,1-3H3. The number of esters is 1. The number of halogens is 1. The van der Waals surface area contributed by atoms with Crippen molar-refractivity contribution in [2.45, 2.75) is 27.2 Å². The Morgan fingerprint density at radius 3 is 2.67 bits per heavy atom. The summed E-state index contributed by atoms with van der Waals surface area (Å²) in [5.74, 6) is -0.585. The molecule has 1 aromatic rings. The Bertz CT molecular complexity index is 434. The quantitative estimate of drug-likeness (QED) is 0.818. The number of ether oxygens (including phenoxy) is 1. The third-order valence-corrected chi connectivity index (χ3v) is 3.10. The number of hydrogen-bond acceptors (Lipinski definition) is 3. The van der Waals surface area contributed by atoms with Gasteiger partial charge in [0.1, 0.15) is 5.82 Å². The fraction of sp³-hybridized carbons (Fsp3) is 0.500. The molecule has 0 bridgehead atoms. The molecule has 0 aromatic heterocycles. The molecule has 1 unspecified atom stereocenters. The fourth-order valence-corrected chi connectivity index (χ4v) is 1.81. The molecule has 0 amide bonds. The van der Waals surface area contributed by atoms with E-state index in [1.54, 1.807) is 19.9 Å². The minimum absolute atomic E-state index is 0.197. The summed E-state index contributed by atoms with van der Waals surface area (Å²) in [5, 5.41) is 0. The summed E-state index contributed by atoms with van der Waals surface area (Å²) in [4.78, 5) is 11.9. The smallest absolute Gasteiger partial charge is 0.313 e. The Morgan fingerprint density at radius 2 is 2.17 bits per heavy atom. The fourth-order valence-electron chi connectivity index (χ4n) is 1.81. The van der Waals surface area contributed by atoms with E-state index in [0.29, 0.717) is 13.0 Å². The van der Waals surface area contributed by atoms with Crippen LogP contribution in [0.15, 0.2) is 18.2 Å². The zero-order chi connectivity index (χ0) is 13.8. The van der Waals surface area contributed by atoms with Crippen molar-refractivity contribution in [3.8, 4) is 0 Å². The average Bonchev–Trinajstić information content (AvgIpc) is 2.33. The molecule has 1 rings (SSSR count). The zero-order valence-electron chi connectivity index (χ0n) is 11.1. The Kier molecular flexibility index (Phi) is 4.84. The Morgan fingerprint density at radius 1 is 1.50 bits per heavy atom. The van der Waals surface area contributed by atoms with Crippen molar-refractivity contribution in [3.63, 3.8) is 0 Å². The van der Waals surface area contributed by atoms with E-state index in [2.05, 4.69) is 0 Å². The van der Waals surface area contributed by atoms with Crippen LogP contribution in [0.4, 0.5) is 4.39 Å². The highest BCUT2D eigenvalue weighted by Crippen LogP contribution is 2.25. The van der Waals surface area contributed by atoms with Gasteiger partial charge in [0.2, 0.25) is 0 Å². The van der Waals surface area contributed by atoms with E-state index in [9.17, 15) is 9.18 Å². The van der Waals surface area contributed by atoms with Crippen LogP contribution < -0.4 is 5.73 Å². The number of benzene rings is 1. The minimum atomic E-state index is -0.765. The Hall–Kier alpha value is -1.42. The van der Waals surface area contributed by atoms with Crippen molar-refractivity contribution in [2.24, 2.45) is 11.1 Å². The van der Waals surface area contributed by atoms with Gasteiger partial charge in [0, 0.05) is 6.54 Å². The number of hydrogen-bond donors (Lipinski definition) is 1. The van der Waals surface area contributed by atoms with Crippen LogP contribution >= 0.6 is 0 Å². The number of nitrogens with two attached hydrogens (primary N) is 1. The number of rotatable bonds is 5. The van der Waals surface area contributed by atoms with Gasteiger partial charge in [-0.15, -0.1) is 0 Å². The molecule has 0 saturated heterocycles. The molecule has 4 heteroatoms. The van der Waals surface area contributed by atoms with Crippen molar-refractivity contribution in [1.29, 1.82) is 0 Å². The highest BCUT2D eigenvalue weighted by molar-refractivity contribution is 5.77. The largest absolute Gasteiger partial charge is 0.466 e. The van der Waals surface area contributed by atoms with Crippen LogP contribution in [0.3, 0.4) is 0 Å². The van der Waals surface area contributed by atoms with Gasteiger partial charge in [-0.25, -0.2) is 4.39 Å². The normalized spacial score (nSPS) is 14.1. The Labute approximate surface area is 107 Å². The van der Waals surface area contributed by atoms with Crippen LogP contribution in [0.1, 0.15) is 25.0 Å². The summed E-state index contributed by atoms with van der Waals surface area (Å²) in [6, 6.07) is 4.54. The zero-order valence-corrected chi connectivity index (χ0v) is 11.1. The molecule has 0 aliphatic rings. The van der Waals surface area contributed by atoms with E-state index in [1.807, 2.05) is 6.92 Å². The molecule has 0 fully saturated rings. The second kappa shape index (κ2) is 5.96. The lowest BCUT2D eigenvalue weighted by atomic mass is 9.82. The summed E-state index contributed by atoms with van der Waals surface area (Å²) in [6.45, 7) is 5.88. The van der Waals surface area contributed by atoms with E-state index >= 15 is 0 Å². The molecule has 0 radical (unpaired) electrons. The minimum Gasteiger partial charge on any atom is -0.466 e. The van der Waals surface area contributed by atoms with Crippen molar-refractivity contribution in [3.05, 3.63) is 35.1 Å². The van der Waals surface area contributed by atoms with Gasteiger partial charge in [0.15, 0.2) is 0 Å². The first-order chi connectivity index (χ1) is 8.42.